The van der Waals surface area contributed by atoms with E-state index in [-0.39, 0.29) is 11.6 Å². The second kappa shape index (κ2) is 2.52. The molecule has 0 saturated carbocycles. The molecule has 0 bridgehead atoms. The van der Waals surface area contributed by atoms with E-state index in [9.17, 15) is 9.59 Å². The lowest BCUT2D eigenvalue weighted by Gasteiger charge is -1.90. The average molecular weight is 135 g/mol. The fourth-order valence-electron chi connectivity index (χ4n) is 0.690. The summed E-state index contributed by atoms with van der Waals surface area (Å²) in [5, 5.41) is 0. The number of hydrogen-bond donors (Lipinski definition) is 0. The van der Waals surface area contributed by atoms with E-state index in [0.717, 1.165) is 0 Å². The summed E-state index contributed by atoms with van der Waals surface area (Å²) in [6.45, 7) is 1.47. The van der Waals surface area contributed by atoms with Crippen molar-refractivity contribution in [2.45, 2.75) is 6.92 Å². The summed E-state index contributed by atoms with van der Waals surface area (Å²) < 4.78 is 0. The van der Waals surface area contributed by atoms with Gasteiger partial charge in [-0.1, -0.05) is 0 Å². The Labute approximate surface area is 59.2 Å². The van der Waals surface area contributed by atoms with Gasteiger partial charge in [0.05, 0.1) is 24.6 Å². The quantitative estimate of drug-likeness (QED) is 0.499. The molecule has 0 N–H and O–H groups in total. The molecule has 0 aliphatic heterocycles. The lowest BCUT2D eigenvalue weighted by atomic mass is 10.0. The van der Waals surface area contributed by atoms with Gasteiger partial charge in [-0.3, -0.25) is 9.59 Å². The Bertz CT molecular complexity index is 234. The maximum atomic E-state index is 10.7. The van der Waals surface area contributed by atoms with Crippen LogP contribution in [0.1, 0.15) is 6.92 Å². The first-order valence-corrected chi connectivity index (χ1v) is 2.98. The summed E-state index contributed by atoms with van der Waals surface area (Å²) in [5.41, 5.74) is 0.583. The fraction of sp³-hybridized carbons (Fsp3) is 0.125. The van der Waals surface area contributed by atoms with E-state index in [1.807, 2.05) is 0 Å². The average Bonchev–Trinajstić information content (AvgIpc) is 1.88. The van der Waals surface area contributed by atoms with Crippen molar-refractivity contribution < 1.29 is 9.59 Å². The maximum absolute atomic E-state index is 10.7. The molecular weight excluding hydrogens is 128 g/mol. The molecule has 0 spiro atoms. The molecule has 0 atom stereocenters. The predicted molar refractivity (Wildman–Crippen MR) is 37.2 cm³/mol. The predicted octanol–water partition coefficient (Wildman–Crippen LogP) is 0.845. The van der Waals surface area contributed by atoms with E-state index in [2.05, 4.69) is 0 Å². The van der Waals surface area contributed by atoms with Gasteiger partial charge in [0, 0.05) is 6.92 Å². The van der Waals surface area contributed by atoms with Crippen LogP contribution < -0.4 is 0 Å². The third kappa shape index (κ3) is 1.35. The zero-order valence-corrected chi connectivity index (χ0v) is 5.63. The molecule has 0 amide bonds. The van der Waals surface area contributed by atoms with Gasteiger partial charge >= 0.3 is 0 Å². The zero-order chi connectivity index (χ0) is 7.56. The number of carbonyl (C=O) groups excluding carboxylic acids is 2. The standard InChI is InChI=1S/C8H7O2/c1-6(9)7-2-4-8(10)5-3-7/h2-5H,1H3/q+1. The summed E-state index contributed by atoms with van der Waals surface area (Å²) in [4.78, 5) is 21.2. The number of Topliss-reactive ketones (excluding diaryl/α,β-unsaturated/α-hetero) is 1. The van der Waals surface area contributed by atoms with Gasteiger partial charge in [-0.2, -0.15) is 0 Å². The van der Waals surface area contributed by atoms with Gasteiger partial charge in [0.1, 0.15) is 5.57 Å². The second-order valence-electron chi connectivity index (χ2n) is 2.08. The number of allylic oxidation sites excluding steroid dienone is 4. The topological polar surface area (TPSA) is 34.1 Å². The molecule has 0 saturated heterocycles. The van der Waals surface area contributed by atoms with Gasteiger partial charge in [-0.15, -0.1) is 0 Å². The summed E-state index contributed by atoms with van der Waals surface area (Å²) >= 11 is 0. The monoisotopic (exact) mass is 135 g/mol. The van der Waals surface area contributed by atoms with E-state index >= 15 is 0 Å². The number of rotatable bonds is 1. The molecule has 1 aliphatic rings. The molecule has 1 rings (SSSR count). The van der Waals surface area contributed by atoms with Gasteiger partial charge in [-0.05, 0) is 0 Å². The minimum Gasteiger partial charge on any atom is -0.279 e. The molecule has 0 fully saturated rings. The van der Waals surface area contributed by atoms with Crippen molar-refractivity contribution in [3.63, 3.8) is 0 Å². The minimum absolute atomic E-state index is 0.0139. The van der Waals surface area contributed by atoms with Crippen molar-refractivity contribution in [3.05, 3.63) is 30.2 Å². The normalized spacial score (nSPS) is 16.1. The number of hydrogen-bond acceptors (Lipinski definition) is 2. The van der Waals surface area contributed by atoms with Crippen molar-refractivity contribution in [1.82, 2.24) is 0 Å². The smallest absolute Gasteiger partial charge is 0.279 e. The van der Waals surface area contributed by atoms with Crippen molar-refractivity contribution in [2.24, 2.45) is 0 Å². The molecule has 0 aromatic rings. The van der Waals surface area contributed by atoms with Crippen LogP contribution in [0.5, 0.6) is 0 Å². The van der Waals surface area contributed by atoms with Crippen LogP contribution >= 0.6 is 0 Å². The van der Waals surface area contributed by atoms with E-state index in [4.69, 9.17) is 0 Å². The first-order valence-electron chi connectivity index (χ1n) is 2.98. The highest BCUT2D eigenvalue weighted by Gasteiger charge is 2.15. The van der Waals surface area contributed by atoms with Crippen LogP contribution in [0.25, 0.3) is 0 Å². The molecule has 0 heterocycles. The second-order valence-corrected chi connectivity index (χ2v) is 2.08. The van der Waals surface area contributed by atoms with Crippen LogP contribution in [0.3, 0.4) is 0 Å². The van der Waals surface area contributed by atoms with Crippen LogP contribution in [0.2, 0.25) is 0 Å². The maximum Gasteiger partial charge on any atom is 0.284 e. The van der Waals surface area contributed by atoms with Crippen molar-refractivity contribution in [2.75, 3.05) is 0 Å². The van der Waals surface area contributed by atoms with Crippen molar-refractivity contribution in [1.29, 1.82) is 0 Å². The Morgan fingerprint density at radius 1 is 1.50 bits per heavy atom. The summed E-state index contributed by atoms with van der Waals surface area (Å²) in [6, 6.07) is 0. The molecule has 10 heavy (non-hydrogen) atoms. The van der Waals surface area contributed by atoms with Crippen molar-refractivity contribution >= 4 is 11.6 Å². The van der Waals surface area contributed by atoms with Crippen molar-refractivity contribution in [3.8, 4) is 0 Å². The summed E-state index contributed by atoms with van der Waals surface area (Å²) in [5.74, 6) is -0.0787. The van der Waals surface area contributed by atoms with E-state index in [1.165, 1.54) is 31.6 Å². The molecule has 0 radical (unpaired) electrons. The number of carbonyl (C=O) groups is 2. The van der Waals surface area contributed by atoms with Crippen LogP contribution in [0.15, 0.2) is 23.8 Å². The Hall–Kier alpha value is -1.31. The highest BCUT2D eigenvalue weighted by molar-refractivity contribution is 6.06. The lowest BCUT2D eigenvalue weighted by Crippen LogP contribution is -2.02. The Kier molecular flexibility index (Phi) is 1.71. The largest absolute Gasteiger partial charge is 0.284 e. The van der Waals surface area contributed by atoms with Gasteiger partial charge in [-0.25, -0.2) is 0 Å². The molecule has 50 valence electrons. The Morgan fingerprint density at radius 2 is 2.20 bits per heavy atom. The molecule has 2 nitrogen and oxygen atoms in total. The third-order valence-electron chi connectivity index (χ3n) is 1.26. The van der Waals surface area contributed by atoms with E-state index < -0.39 is 0 Å². The van der Waals surface area contributed by atoms with Gasteiger partial charge in [0.25, 0.3) is 5.78 Å². The van der Waals surface area contributed by atoms with Crippen LogP contribution in [-0.2, 0) is 9.59 Å². The lowest BCUT2D eigenvalue weighted by molar-refractivity contribution is -0.113. The molecule has 0 aromatic heterocycles. The van der Waals surface area contributed by atoms with E-state index in [0.29, 0.717) is 5.57 Å². The first-order chi connectivity index (χ1) is 4.70. The van der Waals surface area contributed by atoms with Crippen LogP contribution in [-0.4, -0.2) is 11.6 Å². The van der Waals surface area contributed by atoms with Crippen LogP contribution in [0, 0.1) is 6.42 Å². The Morgan fingerprint density at radius 3 is 2.60 bits per heavy atom. The highest BCUT2D eigenvalue weighted by atomic mass is 16.1. The molecule has 2 heteroatoms. The zero-order valence-electron chi connectivity index (χ0n) is 5.63. The van der Waals surface area contributed by atoms with Gasteiger partial charge in [0.15, 0.2) is 0 Å². The van der Waals surface area contributed by atoms with Gasteiger partial charge in [0.2, 0.25) is 5.78 Å². The van der Waals surface area contributed by atoms with Crippen LogP contribution in [0.4, 0.5) is 0 Å². The summed E-state index contributed by atoms with van der Waals surface area (Å²) in [6.07, 6.45) is 5.84. The third-order valence-corrected chi connectivity index (χ3v) is 1.26. The molecule has 1 aliphatic carbocycles. The minimum atomic E-state index is -0.0648. The number of ketones is 2. The SMILES string of the molecule is CC(=O)C1=C[CH+]C(=O)C=C1. The molecular formula is C8H7O2+. The first kappa shape index (κ1) is 6.81. The molecule has 0 aromatic carbocycles. The molecule has 0 unspecified atom stereocenters. The van der Waals surface area contributed by atoms with E-state index in [1.54, 1.807) is 0 Å². The fourth-order valence-corrected chi connectivity index (χ4v) is 0.690. The highest BCUT2D eigenvalue weighted by Crippen LogP contribution is 2.06. The van der Waals surface area contributed by atoms with Gasteiger partial charge < -0.3 is 0 Å². The summed E-state index contributed by atoms with van der Waals surface area (Å²) in [7, 11) is 0. The Balaban J connectivity index is 2.77.